The van der Waals surface area contributed by atoms with E-state index in [2.05, 4.69) is 25.8 Å². The first-order valence-electron chi connectivity index (χ1n) is 7.50. The second kappa shape index (κ2) is 6.40. The number of hydrogen-bond acceptors (Lipinski definition) is 2. The van der Waals surface area contributed by atoms with Crippen LogP contribution in [0.2, 0.25) is 0 Å². The van der Waals surface area contributed by atoms with Crippen LogP contribution in [0.15, 0.2) is 24.3 Å². The molecule has 110 valence electrons. The Morgan fingerprint density at radius 2 is 2.00 bits per heavy atom. The van der Waals surface area contributed by atoms with E-state index >= 15 is 0 Å². The molecule has 0 bridgehead atoms. The predicted molar refractivity (Wildman–Crippen MR) is 81.1 cm³/mol. The molecule has 0 unspecified atom stereocenters. The highest BCUT2D eigenvalue weighted by Gasteiger charge is 2.33. The number of nitrogens with zero attached hydrogens (tertiary/aromatic N) is 1. The minimum absolute atomic E-state index is 0.439. The SMILES string of the molecule is CC(C)C1CC(N(C)CCc2ccccc2C(=O)O)C1. The Labute approximate surface area is 121 Å². The van der Waals surface area contributed by atoms with E-state index in [0.29, 0.717) is 11.6 Å². The number of benzene rings is 1. The van der Waals surface area contributed by atoms with E-state index < -0.39 is 5.97 Å². The highest BCUT2D eigenvalue weighted by atomic mass is 16.4. The summed E-state index contributed by atoms with van der Waals surface area (Å²) in [6, 6.07) is 8.00. The van der Waals surface area contributed by atoms with Crippen molar-refractivity contribution in [2.45, 2.75) is 39.2 Å². The van der Waals surface area contributed by atoms with Crippen molar-refractivity contribution in [2.24, 2.45) is 11.8 Å². The molecule has 3 heteroatoms. The molecule has 0 radical (unpaired) electrons. The van der Waals surface area contributed by atoms with E-state index in [1.165, 1.54) is 12.8 Å². The van der Waals surface area contributed by atoms with Gasteiger partial charge in [0, 0.05) is 12.6 Å². The molecule has 1 aliphatic rings. The summed E-state index contributed by atoms with van der Waals surface area (Å²) in [5, 5.41) is 9.18. The van der Waals surface area contributed by atoms with Gasteiger partial charge >= 0.3 is 5.97 Å². The van der Waals surface area contributed by atoms with Crippen LogP contribution in [-0.4, -0.2) is 35.6 Å². The topological polar surface area (TPSA) is 40.5 Å². The lowest BCUT2D eigenvalue weighted by Crippen LogP contribution is -2.44. The third-order valence-electron chi connectivity index (χ3n) is 4.70. The second-order valence-corrected chi connectivity index (χ2v) is 6.32. The summed E-state index contributed by atoms with van der Waals surface area (Å²) in [6.07, 6.45) is 3.38. The Bertz CT molecular complexity index is 464. The summed E-state index contributed by atoms with van der Waals surface area (Å²) in [5.41, 5.74) is 1.38. The maximum Gasteiger partial charge on any atom is 0.335 e. The van der Waals surface area contributed by atoms with Gasteiger partial charge in [-0.3, -0.25) is 0 Å². The molecule has 1 saturated carbocycles. The van der Waals surface area contributed by atoms with Crippen LogP contribution in [0.1, 0.15) is 42.6 Å². The van der Waals surface area contributed by atoms with Crippen LogP contribution in [0.3, 0.4) is 0 Å². The highest BCUT2D eigenvalue weighted by Crippen LogP contribution is 2.36. The van der Waals surface area contributed by atoms with E-state index in [1.807, 2.05) is 12.1 Å². The summed E-state index contributed by atoms with van der Waals surface area (Å²) in [7, 11) is 2.16. The molecule has 1 aromatic rings. The van der Waals surface area contributed by atoms with Gasteiger partial charge in [0.05, 0.1) is 5.56 Å². The number of carbonyl (C=O) groups is 1. The average molecular weight is 275 g/mol. The largest absolute Gasteiger partial charge is 0.478 e. The zero-order valence-electron chi connectivity index (χ0n) is 12.7. The summed E-state index contributed by atoms with van der Waals surface area (Å²) in [5.74, 6) is 0.827. The first kappa shape index (κ1) is 15.0. The molecule has 1 aliphatic carbocycles. The van der Waals surface area contributed by atoms with Crippen molar-refractivity contribution in [3.05, 3.63) is 35.4 Å². The van der Waals surface area contributed by atoms with Crippen molar-refractivity contribution >= 4 is 5.97 Å². The zero-order valence-corrected chi connectivity index (χ0v) is 12.7. The van der Waals surface area contributed by atoms with E-state index in [-0.39, 0.29) is 0 Å². The fourth-order valence-electron chi connectivity index (χ4n) is 2.96. The third-order valence-corrected chi connectivity index (χ3v) is 4.70. The number of hydrogen-bond donors (Lipinski definition) is 1. The summed E-state index contributed by atoms with van der Waals surface area (Å²) in [4.78, 5) is 13.6. The van der Waals surface area contributed by atoms with Crippen molar-refractivity contribution in [3.8, 4) is 0 Å². The number of aromatic carboxylic acids is 1. The molecule has 0 aromatic heterocycles. The fraction of sp³-hybridized carbons (Fsp3) is 0.588. The summed E-state index contributed by atoms with van der Waals surface area (Å²) < 4.78 is 0. The van der Waals surface area contributed by atoms with Gasteiger partial charge in [0.1, 0.15) is 0 Å². The quantitative estimate of drug-likeness (QED) is 0.866. The van der Waals surface area contributed by atoms with Gasteiger partial charge in [-0.15, -0.1) is 0 Å². The number of likely N-dealkylation sites (N-methyl/N-ethyl adjacent to an activating group) is 1. The molecule has 0 heterocycles. The van der Waals surface area contributed by atoms with Crippen LogP contribution < -0.4 is 0 Å². The predicted octanol–water partition coefficient (Wildman–Crippen LogP) is 3.29. The molecular formula is C17H25NO2. The molecule has 3 nitrogen and oxygen atoms in total. The third kappa shape index (κ3) is 3.40. The monoisotopic (exact) mass is 275 g/mol. The van der Waals surface area contributed by atoms with Gasteiger partial charge in [0.2, 0.25) is 0 Å². The first-order chi connectivity index (χ1) is 9.49. The normalized spacial score (nSPS) is 22.1. The molecule has 1 N–H and O–H groups in total. The molecule has 20 heavy (non-hydrogen) atoms. The fourth-order valence-corrected chi connectivity index (χ4v) is 2.96. The Kier molecular flexibility index (Phi) is 4.81. The second-order valence-electron chi connectivity index (χ2n) is 6.32. The van der Waals surface area contributed by atoms with E-state index in [9.17, 15) is 9.90 Å². The van der Waals surface area contributed by atoms with E-state index in [1.54, 1.807) is 12.1 Å². The number of carboxylic acids is 1. The lowest BCUT2D eigenvalue weighted by atomic mass is 9.73. The van der Waals surface area contributed by atoms with Crippen molar-refractivity contribution in [2.75, 3.05) is 13.6 Å². The summed E-state index contributed by atoms with van der Waals surface area (Å²) in [6.45, 7) is 5.52. The molecule has 0 amide bonds. The molecule has 0 aliphatic heterocycles. The van der Waals surface area contributed by atoms with Gasteiger partial charge in [-0.05, 0) is 49.8 Å². The van der Waals surface area contributed by atoms with Gasteiger partial charge in [0.15, 0.2) is 0 Å². The summed E-state index contributed by atoms with van der Waals surface area (Å²) >= 11 is 0. The zero-order chi connectivity index (χ0) is 14.7. The van der Waals surface area contributed by atoms with Crippen molar-refractivity contribution in [3.63, 3.8) is 0 Å². The van der Waals surface area contributed by atoms with Gasteiger partial charge in [-0.2, -0.15) is 0 Å². The highest BCUT2D eigenvalue weighted by molar-refractivity contribution is 5.89. The molecule has 1 fully saturated rings. The minimum atomic E-state index is -0.827. The number of rotatable bonds is 6. The van der Waals surface area contributed by atoms with Gasteiger partial charge in [-0.25, -0.2) is 4.79 Å². The van der Waals surface area contributed by atoms with E-state index in [0.717, 1.165) is 30.4 Å². The van der Waals surface area contributed by atoms with Gasteiger partial charge in [0.25, 0.3) is 0 Å². The lowest BCUT2D eigenvalue weighted by Gasteiger charge is -2.43. The van der Waals surface area contributed by atoms with E-state index in [4.69, 9.17) is 0 Å². The maximum absolute atomic E-state index is 11.2. The maximum atomic E-state index is 11.2. The van der Waals surface area contributed by atoms with Crippen LogP contribution >= 0.6 is 0 Å². The van der Waals surface area contributed by atoms with Crippen LogP contribution in [0.4, 0.5) is 0 Å². The van der Waals surface area contributed by atoms with Crippen molar-refractivity contribution in [1.82, 2.24) is 4.90 Å². The Hall–Kier alpha value is -1.35. The molecule has 2 rings (SSSR count). The smallest absolute Gasteiger partial charge is 0.335 e. The Balaban J connectivity index is 1.85. The molecule has 1 aromatic carbocycles. The van der Waals surface area contributed by atoms with Crippen molar-refractivity contribution in [1.29, 1.82) is 0 Å². The Morgan fingerprint density at radius 3 is 2.60 bits per heavy atom. The van der Waals surface area contributed by atoms with Gasteiger partial charge in [-0.1, -0.05) is 32.0 Å². The standard InChI is InChI=1S/C17H25NO2/c1-12(2)14-10-15(11-14)18(3)9-8-13-6-4-5-7-16(13)17(19)20/h4-7,12,14-15H,8-11H2,1-3H3,(H,19,20). The number of carboxylic acid groups (broad SMARTS) is 1. The van der Waals surface area contributed by atoms with Crippen LogP contribution in [0.25, 0.3) is 0 Å². The van der Waals surface area contributed by atoms with Crippen LogP contribution in [0.5, 0.6) is 0 Å². The van der Waals surface area contributed by atoms with Crippen molar-refractivity contribution < 1.29 is 9.90 Å². The average Bonchev–Trinajstić information content (AvgIpc) is 2.34. The molecule has 0 saturated heterocycles. The first-order valence-corrected chi connectivity index (χ1v) is 7.50. The molecule has 0 atom stereocenters. The van der Waals surface area contributed by atoms with Gasteiger partial charge < -0.3 is 10.0 Å². The molecular weight excluding hydrogens is 250 g/mol. The van der Waals surface area contributed by atoms with Crippen LogP contribution in [-0.2, 0) is 6.42 Å². The van der Waals surface area contributed by atoms with Crippen LogP contribution in [0, 0.1) is 11.8 Å². The minimum Gasteiger partial charge on any atom is -0.478 e. The molecule has 0 spiro atoms. The lowest BCUT2D eigenvalue weighted by molar-refractivity contribution is 0.0691. The Morgan fingerprint density at radius 1 is 1.35 bits per heavy atom.